The summed E-state index contributed by atoms with van der Waals surface area (Å²) in [5, 5.41) is 11.1. The molecule has 0 aliphatic carbocycles. The number of fused-ring (bicyclic) bond motifs is 1. The number of carbonyl (C=O) groups excluding carboxylic acids is 2. The van der Waals surface area contributed by atoms with Gasteiger partial charge in [-0.2, -0.15) is 23.4 Å². The van der Waals surface area contributed by atoms with Crippen molar-refractivity contribution in [2.45, 2.75) is 33.3 Å². The minimum Gasteiger partial charge on any atom is -0.471 e. The van der Waals surface area contributed by atoms with E-state index < -0.39 is 29.5 Å². The molecule has 15 heteroatoms. The topological polar surface area (TPSA) is 130 Å². The predicted molar refractivity (Wildman–Crippen MR) is 142 cm³/mol. The van der Waals surface area contributed by atoms with Gasteiger partial charge in [-0.25, -0.2) is 14.1 Å². The quantitative estimate of drug-likeness (QED) is 0.239. The molecule has 212 valence electrons. The molecule has 0 saturated heterocycles. The van der Waals surface area contributed by atoms with Crippen LogP contribution in [0.15, 0.2) is 48.8 Å². The van der Waals surface area contributed by atoms with Gasteiger partial charge >= 0.3 is 6.18 Å². The molecule has 41 heavy (non-hydrogen) atoms. The fourth-order valence-electron chi connectivity index (χ4n) is 4.18. The number of hydrogen-bond acceptors (Lipinski definition) is 7. The van der Waals surface area contributed by atoms with Crippen molar-refractivity contribution in [1.82, 2.24) is 24.5 Å². The second-order valence-corrected chi connectivity index (χ2v) is 9.78. The van der Waals surface area contributed by atoms with Crippen molar-refractivity contribution >= 4 is 39.1 Å². The monoisotopic (exact) mass is 587 g/mol. The van der Waals surface area contributed by atoms with Crippen molar-refractivity contribution in [1.29, 1.82) is 0 Å². The van der Waals surface area contributed by atoms with Gasteiger partial charge in [0.2, 0.25) is 0 Å². The van der Waals surface area contributed by atoms with Crippen LogP contribution in [0.5, 0.6) is 5.75 Å². The van der Waals surface area contributed by atoms with Crippen molar-refractivity contribution in [2.24, 2.45) is 5.73 Å². The Kier molecular flexibility index (Phi) is 7.21. The summed E-state index contributed by atoms with van der Waals surface area (Å²) in [6, 6.07) is 7.57. The van der Waals surface area contributed by atoms with Gasteiger partial charge in [0.05, 0.1) is 11.9 Å². The highest BCUT2D eigenvalue weighted by Crippen LogP contribution is 2.44. The molecule has 2 amide bonds. The van der Waals surface area contributed by atoms with Crippen LogP contribution in [0.25, 0.3) is 21.3 Å². The largest absolute Gasteiger partial charge is 0.471 e. The number of carbonyl (C=O) groups is 2. The molecule has 4 heterocycles. The number of primary amides is 1. The van der Waals surface area contributed by atoms with E-state index in [0.717, 1.165) is 6.07 Å². The molecule has 0 spiro atoms. The summed E-state index contributed by atoms with van der Waals surface area (Å²) in [6.07, 6.45) is -1.89. The van der Waals surface area contributed by atoms with Crippen molar-refractivity contribution in [2.75, 3.05) is 5.32 Å². The van der Waals surface area contributed by atoms with Crippen LogP contribution >= 0.6 is 11.3 Å². The van der Waals surface area contributed by atoms with Crippen LogP contribution in [0.1, 0.15) is 38.5 Å². The lowest BCUT2D eigenvalue weighted by atomic mass is 10.0. The summed E-state index contributed by atoms with van der Waals surface area (Å²) in [6.45, 7) is 3.91. The normalized spacial score (nSPS) is 11.7. The number of amides is 2. The summed E-state index contributed by atoms with van der Waals surface area (Å²) < 4.78 is 62.9. The van der Waals surface area contributed by atoms with Crippen LogP contribution in [-0.4, -0.2) is 36.4 Å². The first kappa shape index (κ1) is 27.8. The molecule has 0 bridgehead atoms. The van der Waals surface area contributed by atoms with E-state index in [1.807, 2.05) is 6.92 Å². The molecule has 5 rings (SSSR count). The third-order valence-electron chi connectivity index (χ3n) is 6.16. The number of thiophene rings is 1. The van der Waals surface area contributed by atoms with E-state index in [1.165, 1.54) is 47.4 Å². The minimum atomic E-state index is -4.78. The SMILES string of the molecule is CCn1ncc(-c2cc(C(F)(F)F)nc3sc(C(N)=O)c(NC(=O)c4ccn(COc5ccc(F)cc5)n4)c23)c1C. The van der Waals surface area contributed by atoms with Crippen LogP contribution in [0.4, 0.5) is 23.2 Å². The highest BCUT2D eigenvalue weighted by atomic mass is 32.1. The Balaban J connectivity index is 1.54. The maximum absolute atomic E-state index is 13.8. The van der Waals surface area contributed by atoms with Gasteiger partial charge < -0.3 is 15.8 Å². The molecule has 10 nitrogen and oxygen atoms in total. The molecule has 5 aromatic rings. The number of halogens is 4. The van der Waals surface area contributed by atoms with E-state index in [0.29, 0.717) is 34.9 Å². The fraction of sp³-hybridized carbons (Fsp3) is 0.192. The second-order valence-electron chi connectivity index (χ2n) is 8.78. The summed E-state index contributed by atoms with van der Waals surface area (Å²) in [5.74, 6) is -1.75. The molecule has 4 aromatic heterocycles. The molecule has 3 N–H and O–H groups in total. The number of benzene rings is 1. The maximum atomic E-state index is 13.8. The number of nitrogens with two attached hydrogens (primary N) is 1. The van der Waals surface area contributed by atoms with Crippen molar-refractivity contribution in [3.05, 3.63) is 76.6 Å². The van der Waals surface area contributed by atoms with E-state index in [1.54, 1.807) is 11.6 Å². The van der Waals surface area contributed by atoms with E-state index in [4.69, 9.17) is 10.5 Å². The van der Waals surface area contributed by atoms with E-state index in [-0.39, 0.29) is 38.8 Å². The smallest absolute Gasteiger partial charge is 0.433 e. The van der Waals surface area contributed by atoms with Gasteiger partial charge in [0.25, 0.3) is 11.8 Å². The summed E-state index contributed by atoms with van der Waals surface area (Å²) in [7, 11) is 0. The third-order valence-corrected chi connectivity index (χ3v) is 7.26. The Morgan fingerprint density at radius 3 is 2.51 bits per heavy atom. The number of anilines is 1. The zero-order chi connectivity index (χ0) is 29.5. The average molecular weight is 588 g/mol. The van der Waals surface area contributed by atoms with Gasteiger partial charge in [-0.15, -0.1) is 11.3 Å². The average Bonchev–Trinajstić information content (AvgIpc) is 3.64. The number of rotatable bonds is 8. The highest BCUT2D eigenvalue weighted by molar-refractivity contribution is 7.21. The number of pyridine rings is 1. The third kappa shape index (κ3) is 5.48. The molecule has 0 aliphatic heterocycles. The predicted octanol–water partition coefficient (Wildman–Crippen LogP) is 5.23. The molecule has 0 unspecified atom stereocenters. The lowest BCUT2D eigenvalue weighted by molar-refractivity contribution is -0.140. The Labute approximate surface area is 233 Å². The van der Waals surface area contributed by atoms with E-state index in [2.05, 4.69) is 20.5 Å². The summed E-state index contributed by atoms with van der Waals surface area (Å²) >= 11 is 0.639. The van der Waals surface area contributed by atoms with Crippen LogP contribution in [0.3, 0.4) is 0 Å². The lowest BCUT2D eigenvalue weighted by Gasteiger charge is -2.12. The Hall–Kier alpha value is -4.79. The lowest BCUT2D eigenvalue weighted by Crippen LogP contribution is -2.18. The Morgan fingerprint density at radius 2 is 1.88 bits per heavy atom. The summed E-state index contributed by atoms with van der Waals surface area (Å²) in [5.41, 5.74) is 5.27. The molecular weight excluding hydrogens is 566 g/mol. The molecule has 1 aromatic carbocycles. The van der Waals surface area contributed by atoms with Gasteiger partial charge in [-0.05, 0) is 55.8 Å². The molecule has 0 radical (unpaired) electrons. The second kappa shape index (κ2) is 10.6. The van der Waals surface area contributed by atoms with Crippen molar-refractivity contribution in [3.8, 4) is 16.9 Å². The zero-order valence-electron chi connectivity index (χ0n) is 21.5. The first-order chi connectivity index (χ1) is 19.5. The van der Waals surface area contributed by atoms with E-state index in [9.17, 15) is 27.2 Å². The van der Waals surface area contributed by atoms with Crippen LogP contribution in [-0.2, 0) is 19.5 Å². The standard InChI is InChI=1S/C26H21F4N7O3S/c1-3-37-13(2)17(11-32-37)16-10-19(26(28,29)30)33-25-20(16)21(22(41-25)23(31)38)34-24(39)18-8-9-36(35-18)12-40-15-6-4-14(27)5-7-15/h4-11H,3,12H2,1-2H3,(H2,31,38)(H,34,39). The first-order valence-corrected chi connectivity index (χ1v) is 12.9. The number of hydrogen-bond donors (Lipinski definition) is 2. The molecule has 0 fully saturated rings. The number of nitrogens with one attached hydrogen (secondary N) is 1. The van der Waals surface area contributed by atoms with Crippen LogP contribution in [0, 0.1) is 12.7 Å². The van der Waals surface area contributed by atoms with Gasteiger partial charge in [0.15, 0.2) is 12.4 Å². The van der Waals surface area contributed by atoms with Crippen LogP contribution in [0.2, 0.25) is 0 Å². The van der Waals surface area contributed by atoms with Gasteiger partial charge in [-0.3, -0.25) is 14.3 Å². The number of ether oxygens (including phenoxy) is 1. The Bertz CT molecular complexity index is 1770. The number of aryl methyl sites for hydroxylation is 1. The fourth-order valence-corrected chi connectivity index (χ4v) is 5.19. The molecule has 0 aliphatic rings. The maximum Gasteiger partial charge on any atom is 0.433 e. The van der Waals surface area contributed by atoms with Crippen LogP contribution < -0.4 is 15.8 Å². The number of alkyl halides is 3. The summed E-state index contributed by atoms with van der Waals surface area (Å²) in [4.78, 5) is 29.0. The molecular formula is C26H21F4N7O3S. The molecule has 0 saturated carbocycles. The highest BCUT2D eigenvalue weighted by Gasteiger charge is 2.35. The van der Waals surface area contributed by atoms with Gasteiger partial charge in [0.1, 0.15) is 27.0 Å². The first-order valence-electron chi connectivity index (χ1n) is 12.1. The van der Waals surface area contributed by atoms with Crippen molar-refractivity contribution in [3.63, 3.8) is 0 Å². The zero-order valence-corrected chi connectivity index (χ0v) is 22.3. The number of nitrogens with zero attached hydrogens (tertiary/aromatic N) is 5. The Morgan fingerprint density at radius 1 is 1.15 bits per heavy atom. The van der Waals surface area contributed by atoms with Crippen molar-refractivity contribution < 1.29 is 31.9 Å². The number of aromatic nitrogens is 5. The van der Waals surface area contributed by atoms with E-state index >= 15 is 0 Å². The minimum absolute atomic E-state index is 0.0705. The van der Waals surface area contributed by atoms with Gasteiger partial charge in [0, 0.05) is 29.4 Å². The molecule has 0 atom stereocenters. The van der Waals surface area contributed by atoms with Gasteiger partial charge in [-0.1, -0.05) is 0 Å².